The SMILES string of the molecule is C[C@@H]1CC(=O)C2=C(C1)OC(N)=C(C#N)[C@@H]2c1ccc2ccccc2c1. The predicted molar refractivity (Wildman–Crippen MR) is 95.0 cm³/mol. The molecule has 1 heterocycles. The van der Waals surface area contributed by atoms with Crippen molar-refractivity contribution in [1.29, 1.82) is 5.26 Å². The van der Waals surface area contributed by atoms with Gasteiger partial charge < -0.3 is 10.5 Å². The molecule has 1 aliphatic heterocycles. The summed E-state index contributed by atoms with van der Waals surface area (Å²) >= 11 is 0. The predicted octanol–water partition coefficient (Wildman–Crippen LogP) is 3.90. The van der Waals surface area contributed by atoms with Crippen molar-refractivity contribution in [2.45, 2.75) is 25.7 Å². The second-order valence-corrected chi connectivity index (χ2v) is 6.80. The van der Waals surface area contributed by atoms with E-state index in [1.807, 2.05) is 49.4 Å². The highest BCUT2D eigenvalue weighted by molar-refractivity contribution is 6.00. The second kappa shape index (κ2) is 5.78. The molecular weight excluding hydrogens is 312 g/mol. The van der Waals surface area contributed by atoms with Gasteiger partial charge in [-0.2, -0.15) is 5.26 Å². The van der Waals surface area contributed by atoms with Crippen molar-refractivity contribution < 1.29 is 9.53 Å². The fourth-order valence-corrected chi connectivity index (χ4v) is 3.81. The number of ketones is 1. The lowest BCUT2D eigenvalue weighted by molar-refractivity contribution is -0.117. The van der Waals surface area contributed by atoms with Gasteiger partial charge in [0.15, 0.2) is 5.78 Å². The van der Waals surface area contributed by atoms with Crippen LogP contribution in [0.15, 0.2) is 65.3 Å². The molecule has 0 spiro atoms. The molecule has 0 saturated heterocycles. The molecular formula is C21H18N2O2. The zero-order valence-electron chi connectivity index (χ0n) is 14.0. The average Bonchev–Trinajstić information content (AvgIpc) is 2.59. The van der Waals surface area contributed by atoms with Crippen LogP contribution in [0.3, 0.4) is 0 Å². The Morgan fingerprint density at radius 1 is 1.16 bits per heavy atom. The average molecular weight is 330 g/mol. The zero-order valence-corrected chi connectivity index (χ0v) is 14.0. The van der Waals surface area contributed by atoms with Crippen LogP contribution in [0.25, 0.3) is 10.8 Å². The van der Waals surface area contributed by atoms with Gasteiger partial charge in [-0.15, -0.1) is 0 Å². The molecule has 0 amide bonds. The van der Waals surface area contributed by atoms with E-state index in [4.69, 9.17) is 10.5 Å². The third kappa shape index (κ3) is 2.49. The molecule has 1 aliphatic carbocycles. The molecule has 2 atom stereocenters. The fourth-order valence-electron chi connectivity index (χ4n) is 3.81. The van der Waals surface area contributed by atoms with Crippen LogP contribution in [-0.2, 0) is 9.53 Å². The number of carbonyl (C=O) groups is 1. The van der Waals surface area contributed by atoms with Crippen LogP contribution in [0.2, 0.25) is 0 Å². The molecule has 0 radical (unpaired) electrons. The van der Waals surface area contributed by atoms with E-state index in [9.17, 15) is 10.1 Å². The lowest BCUT2D eigenvalue weighted by Gasteiger charge is -2.33. The molecule has 2 aliphatic rings. The Bertz CT molecular complexity index is 994. The first-order chi connectivity index (χ1) is 12.1. The highest BCUT2D eigenvalue weighted by Crippen LogP contribution is 2.44. The number of allylic oxidation sites excluding steroid dienone is 3. The van der Waals surface area contributed by atoms with Crippen LogP contribution in [0.5, 0.6) is 0 Å². The maximum Gasteiger partial charge on any atom is 0.205 e. The van der Waals surface area contributed by atoms with E-state index in [-0.39, 0.29) is 17.6 Å². The Balaban J connectivity index is 1.92. The number of fused-ring (bicyclic) bond motifs is 1. The lowest BCUT2D eigenvalue weighted by Crippen LogP contribution is -2.29. The summed E-state index contributed by atoms with van der Waals surface area (Å²) in [5.41, 5.74) is 7.83. The largest absolute Gasteiger partial charge is 0.444 e. The monoisotopic (exact) mass is 330 g/mol. The number of hydrogen-bond acceptors (Lipinski definition) is 4. The molecule has 4 nitrogen and oxygen atoms in total. The molecule has 0 unspecified atom stereocenters. The molecule has 124 valence electrons. The van der Waals surface area contributed by atoms with E-state index < -0.39 is 5.92 Å². The molecule has 0 fully saturated rings. The smallest absolute Gasteiger partial charge is 0.205 e. The topological polar surface area (TPSA) is 76.1 Å². The van der Waals surface area contributed by atoms with Gasteiger partial charge in [0.2, 0.25) is 5.88 Å². The van der Waals surface area contributed by atoms with Crippen molar-refractivity contribution in [2.24, 2.45) is 11.7 Å². The Morgan fingerprint density at radius 3 is 2.68 bits per heavy atom. The quantitative estimate of drug-likeness (QED) is 0.860. The number of rotatable bonds is 1. The second-order valence-electron chi connectivity index (χ2n) is 6.80. The van der Waals surface area contributed by atoms with Gasteiger partial charge in [0.25, 0.3) is 0 Å². The number of benzene rings is 2. The zero-order chi connectivity index (χ0) is 17.6. The van der Waals surface area contributed by atoms with Crippen molar-refractivity contribution in [3.05, 3.63) is 70.8 Å². The molecule has 0 aromatic heterocycles. The van der Waals surface area contributed by atoms with Crippen LogP contribution >= 0.6 is 0 Å². The highest BCUT2D eigenvalue weighted by Gasteiger charge is 2.39. The highest BCUT2D eigenvalue weighted by atomic mass is 16.5. The number of nitriles is 1. The molecule has 4 heteroatoms. The molecule has 2 aromatic carbocycles. The first kappa shape index (κ1) is 15.5. The molecule has 2 aromatic rings. The number of ether oxygens (including phenoxy) is 1. The van der Waals surface area contributed by atoms with Crippen molar-refractivity contribution in [3.8, 4) is 6.07 Å². The van der Waals surface area contributed by atoms with Crippen LogP contribution in [0.4, 0.5) is 0 Å². The third-order valence-electron chi connectivity index (χ3n) is 4.97. The minimum absolute atomic E-state index is 0.0483. The third-order valence-corrected chi connectivity index (χ3v) is 4.97. The molecule has 25 heavy (non-hydrogen) atoms. The maximum atomic E-state index is 12.7. The number of nitrogens with two attached hydrogens (primary N) is 1. The Kier molecular flexibility index (Phi) is 3.58. The summed E-state index contributed by atoms with van der Waals surface area (Å²) in [7, 11) is 0. The van der Waals surface area contributed by atoms with Gasteiger partial charge >= 0.3 is 0 Å². The summed E-state index contributed by atoms with van der Waals surface area (Å²) in [6.45, 7) is 2.02. The molecule has 0 bridgehead atoms. The number of nitrogens with zero attached hydrogens (tertiary/aromatic N) is 1. The minimum atomic E-state index is -0.446. The first-order valence-corrected chi connectivity index (χ1v) is 8.41. The summed E-state index contributed by atoms with van der Waals surface area (Å²) < 4.78 is 5.67. The Labute approximate surface area is 146 Å². The molecule has 0 saturated carbocycles. The molecule has 2 N–H and O–H groups in total. The van der Waals surface area contributed by atoms with Crippen LogP contribution in [0, 0.1) is 17.2 Å². The van der Waals surface area contributed by atoms with E-state index in [0.717, 1.165) is 16.3 Å². The van der Waals surface area contributed by atoms with E-state index >= 15 is 0 Å². The summed E-state index contributed by atoms with van der Waals surface area (Å²) in [4.78, 5) is 12.7. The van der Waals surface area contributed by atoms with Gasteiger partial charge in [0.1, 0.15) is 17.4 Å². The summed E-state index contributed by atoms with van der Waals surface area (Å²) in [5, 5.41) is 11.8. The minimum Gasteiger partial charge on any atom is -0.444 e. The summed E-state index contributed by atoms with van der Waals surface area (Å²) in [6.07, 6.45) is 1.15. The van der Waals surface area contributed by atoms with Crippen LogP contribution < -0.4 is 5.73 Å². The van der Waals surface area contributed by atoms with E-state index in [0.29, 0.717) is 29.7 Å². The van der Waals surface area contributed by atoms with Gasteiger partial charge in [-0.1, -0.05) is 49.4 Å². The number of hydrogen-bond donors (Lipinski definition) is 1. The van der Waals surface area contributed by atoms with Gasteiger partial charge in [-0.05, 0) is 22.3 Å². The van der Waals surface area contributed by atoms with Crippen LogP contribution in [-0.4, -0.2) is 5.78 Å². The van der Waals surface area contributed by atoms with Gasteiger partial charge in [0.05, 0.1) is 5.92 Å². The van der Waals surface area contributed by atoms with E-state index in [1.165, 1.54) is 0 Å². The van der Waals surface area contributed by atoms with Gasteiger partial charge in [-0.25, -0.2) is 0 Å². The van der Waals surface area contributed by atoms with Crippen molar-refractivity contribution in [2.75, 3.05) is 0 Å². The van der Waals surface area contributed by atoms with Gasteiger partial charge in [-0.3, -0.25) is 4.79 Å². The lowest BCUT2D eigenvalue weighted by atomic mass is 9.75. The van der Waals surface area contributed by atoms with E-state index in [2.05, 4.69) is 6.07 Å². The summed E-state index contributed by atoms with van der Waals surface area (Å²) in [5.74, 6) is 0.560. The number of carbonyl (C=O) groups excluding carboxylic acids is 1. The fraction of sp³-hybridized carbons (Fsp3) is 0.238. The van der Waals surface area contributed by atoms with Crippen molar-refractivity contribution in [3.63, 3.8) is 0 Å². The first-order valence-electron chi connectivity index (χ1n) is 8.41. The number of Topliss-reactive ketones (excluding diaryl/α,β-unsaturated/α-hetero) is 1. The van der Waals surface area contributed by atoms with Gasteiger partial charge in [0, 0.05) is 18.4 Å². The summed E-state index contributed by atoms with van der Waals surface area (Å²) in [6, 6.07) is 16.2. The Morgan fingerprint density at radius 2 is 1.92 bits per heavy atom. The Hall–Kier alpha value is -3.06. The van der Waals surface area contributed by atoms with Crippen LogP contribution in [0.1, 0.15) is 31.2 Å². The standard InChI is InChI=1S/C21H18N2O2/c1-12-8-17(24)20-18(9-12)25-21(23)16(11-22)19(20)15-7-6-13-4-2-3-5-14(13)10-15/h2-7,10,12,19H,8-9,23H2,1H3/t12-,19+/m1/s1. The van der Waals surface area contributed by atoms with Crippen molar-refractivity contribution in [1.82, 2.24) is 0 Å². The van der Waals surface area contributed by atoms with E-state index in [1.54, 1.807) is 0 Å². The molecule has 4 rings (SSSR count). The normalized spacial score (nSPS) is 23.3. The maximum absolute atomic E-state index is 12.7. The van der Waals surface area contributed by atoms with Crippen molar-refractivity contribution >= 4 is 16.6 Å².